The van der Waals surface area contributed by atoms with Crippen LogP contribution in [-0.4, -0.2) is 30.8 Å². The zero-order chi connectivity index (χ0) is 22.0. The summed E-state index contributed by atoms with van der Waals surface area (Å²) in [6.07, 6.45) is -4.85. The molecular weight excluding hydrogens is 416 g/mol. The first-order valence-corrected chi connectivity index (χ1v) is 9.52. The predicted octanol–water partition coefficient (Wildman–Crippen LogP) is 3.56. The maximum absolute atomic E-state index is 13.0. The summed E-state index contributed by atoms with van der Waals surface area (Å²) in [5.74, 6) is -3.05. The molecule has 0 heterocycles. The van der Waals surface area contributed by atoms with Crippen LogP contribution in [0.15, 0.2) is 47.4 Å². The van der Waals surface area contributed by atoms with Gasteiger partial charge in [0.1, 0.15) is 5.82 Å². The lowest BCUT2D eigenvalue weighted by Crippen LogP contribution is -2.45. The van der Waals surface area contributed by atoms with Crippen LogP contribution in [0.4, 0.5) is 28.9 Å². The summed E-state index contributed by atoms with van der Waals surface area (Å²) in [4.78, 5) is 14.7. The van der Waals surface area contributed by atoms with Crippen molar-refractivity contribution in [3.05, 3.63) is 65.3 Å². The fraction of sp³-hybridized carbons (Fsp3) is 0.222. The highest BCUT2D eigenvalue weighted by molar-refractivity contribution is 7.91. The number of hydrogen-bond acceptors (Lipinski definition) is 4. The van der Waals surface area contributed by atoms with Gasteiger partial charge < -0.3 is 10.4 Å². The van der Waals surface area contributed by atoms with Gasteiger partial charge >= 0.3 is 6.18 Å². The van der Waals surface area contributed by atoms with Crippen LogP contribution in [0.5, 0.6) is 0 Å². The van der Waals surface area contributed by atoms with Gasteiger partial charge in [0.25, 0.3) is 5.91 Å². The topological polar surface area (TPSA) is 87.8 Å². The minimum absolute atomic E-state index is 0.340. The monoisotopic (exact) mass is 430 g/mol. The van der Waals surface area contributed by atoms with E-state index in [2.05, 4.69) is 4.85 Å². The molecule has 6 nitrogen and oxygen atoms in total. The largest absolute Gasteiger partial charge is 0.407 e. The number of sulfone groups is 1. The Morgan fingerprint density at radius 1 is 1.17 bits per heavy atom. The van der Waals surface area contributed by atoms with E-state index in [0.717, 1.165) is 43.3 Å². The van der Waals surface area contributed by atoms with Crippen molar-refractivity contribution < 1.29 is 35.9 Å². The van der Waals surface area contributed by atoms with E-state index in [1.165, 1.54) is 0 Å². The number of aliphatic hydroxyl groups is 1. The Kier molecular flexibility index (Phi) is 6.01. The SMILES string of the molecule is [C-]#[N+]c1ccc(NC(=O)[C@@](C)(O)CS(=O)(=O)c2ccc(F)cc2)cc1C(F)(F)F. The first kappa shape index (κ1) is 22.3. The van der Waals surface area contributed by atoms with E-state index in [4.69, 9.17) is 6.57 Å². The van der Waals surface area contributed by atoms with Crippen molar-refractivity contribution in [2.75, 3.05) is 11.1 Å². The highest BCUT2D eigenvalue weighted by Gasteiger charge is 2.38. The summed E-state index contributed by atoms with van der Waals surface area (Å²) < 4.78 is 76.7. The maximum Gasteiger partial charge on any atom is 0.407 e. The molecule has 0 bridgehead atoms. The minimum atomic E-state index is -4.85. The standard InChI is InChI=1S/C18H14F4N2O4S/c1-17(26,10-29(27,28)13-6-3-11(19)4-7-13)16(25)24-12-5-8-15(23-2)14(9-12)18(20,21)22/h3-9,26H,10H2,1H3,(H,24,25)/t17-/m0/s1. The Morgan fingerprint density at radius 2 is 1.76 bits per heavy atom. The number of nitrogens with one attached hydrogen (secondary N) is 1. The summed E-state index contributed by atoms with van der Waals surface area (Å²) in [5, 5.41) is 12.3. The average Bonchev–Trinajstić information content (AvgIpc) is 2.60. The zero-order valence-corrected chi connectivity index (χ0v) is 15.6. The van der Waals surface area contributed by atoms with Gasteiger partial charge in [-0.25, -0.2) is 17.7 Å². The van der Waals surface area contributed by atoms with Crippen molar-refractivity contribution in [1.82, 2.24) is 0 Å². The molecule has 0 saturated heterocycles. The van der Waals surface area contributed by atoms with Crippen LogP contribution in [0.2, 0.25) is 0 Å². The molecule has 1 atom stereocenters. The number of anilines is 1. The number of benzene rings is 2. The summed E-state index contributed by atoms with van der Waals surface area (Å²) in [5.41, 5.74) is -4.86. The third-order valence-electron chi connectivity index (χ3n) is 3.81. The van der Waals surface area contributed by atoms with E-state index in [1.54, 1.807) is 0 Å². The van der Waals surface area contributed by atoms with E-state index in [1.807, 2.05) is 5.32 Å². The Hall–Kier alpha value is -2.97. The normalized spacial score (nSPS) is 14.0. The molecule has 0 aliphatic heterocycles. The highest BCUT2D eigenvalue weighted by atomic mass is 32.2. The molecule has 11 heteroatoms. The van der Waals surface area contributed by atoms with E-state index in [-0.39, 0.29) is 10.6 Å². The second kappa shape index (κ2) is 7.81. The van der Waals surface area contributed by atoms with Gasteiger partial charge in [-0.05, 0) is 43.3 Å². The fourth-order valence-corrected chi connectivity index (χ4v) is 3.95. The van der Waals surface area contributed by atoms with E-state index in [9.17, 15) is 35.9 Å². The van der Waals surface area contributed by atoms with E-state index < -0.39 is 50.3 Å². The number of nitrogens with zero attached hydrogens (tertiary/aromatic N) is 1. The number of halogens is 4. The molecule has 29 heavy (non-hydrogen) atoms. The Morgan fingerprint density at radius 3 is 2.28 bits per heavy atom. The van der Waals surface area contributed by atoms with Gasteiger partial charge in [0.15, 0.2) is 21.1 Å². The molecule has 2 rings (SSSR count). The first-order chi connectivity index (χ1) is 13.3. The van der Waals surface area contributed by atoms with E-state index in [0.29, 0.717) is 6.07 Å². The summed E-state index contributed by atoms with van der Waals surface area (Å²) >= 11 is 0. The van der Waals surface area contributed by atoms with Crippen LogP contribution in [0.3, 0.4) is 0 Å². The van der Waals surface area contributed by atoms with Crippen LogP contribution in [0.25, 0.3) is 4.85 Å². The Bertz CT molecular complexity index is 1070. The quantitative estimate of drug-likeness (QED) is 0.431. The van der Waals surface area contributed by atoms with Crippen molar-refractivity contribution in [2.24, 2.45) is 0 Å². The molecule has 0 unspecified atom stereocenters. The number of rotatable bonds is 5. The summed E-state index contributed by atoms with van der Waals surface area (Å²) in [7, 11) is -4.21. The number of alkyl halides is 3. The van der Waals surface area contributed by atoms with Crippen LogP contribution in [0, 0.1) is 12.4 Å². The van der Waals surface area contributed by atoms with Gasteiger partial charge in [-0.1, -0.05) is 6.07 Å². The number of carbonyl (C=O) groups excluding carboxylic acids is 1. The minimum Gasteiger partial charge on any atom is -0.379 e. The average molecular weight is 430 g/mol. The smallest absolute Gasteiger partial charge is 0.379 e. The molecule has 0 saturated carbocycles. The molecule has 2 N–H and O–H groups in total. The van der Waals surface area contributed by atoms with Crippen molar-refractivity contribution in [1.29, 1.82) is 0 Å². The second-order valence-corrected chi connectivity index (χ2v) is 8.27. The van der Waals surface area contributed by atoms with Gasteiger partial charge in [0.2, 0.25) is 0 Å². The molecule has 0 spiro atoms. The second-order valence-electron chi connectivity index (χ2n) is 6.28. The van der Waals surface area contributed by atoms with E-state index >= 15 is 0 Å². The lowest BCUT2D eigenvalue weighted by molar-refractivity contribution is -0.137. The molecule has 0 aliphatic carbocycles. The number of hydrogen-bond donors (Lipinski definition) is 2. The summed E-state index contributed by atoms with van der Waals surface area (Å²) in [6, 6.07) is 6.06. The molecule has 0 aliphatic rings. The first-order valence-electron chi connectivity index (χ1n) is 7.87. The van der Waals surface area contributed by atoms with Crippen LogP contribution in [0.1, 0.15) is 12.5 Å². The third kappa shape index (κ3) is 5.30. The van der Waals surface area contributed by atoms with Crippen molar-refractivity contribution in [2.45, 2.75) is 23.6 Å². The van der Waals surface area contributed by atoms with Gasteiger partial charge in [0, 0.05) is 5.69 Å². The van der Waals surface area contributed by atoms with Crippen LogP contribution in [-0.2, 0) is 20.8 Å². The van der Waals surface area contributed by atoms with Crippen LogP contribution < -0.4 is 5.32 Å². The molecule has 2 aromatic carbocycles. The molecule has 0 fully saturated rings. The maximum atomic E-state index is 13.0. The van der Waals surface area contributed by atoms with Crippen LogP contribution >= 0.6 is 0 Å². The third-order valence-corrected chi connectivity index (χ3v) is 5.75. The van der Waals surface area contributed by atoms with Gasteiger partial charge in [-0.15, -0.1) is 0 Å². The Balaban J connectivity index is 2.25. The predicted molar refractivity (Wildman–Crippen MR) is 95.4 cm³/mol. The fourth-order valence-electron chi connectivity index (χ4n) is 2.36. The Labute approximate surface area is 163 Å². The van der Waals surface area contributed by atoms with Gasteiger partial charge in [-0.2, -0.15) is 13.2 Å². The van der Waals surface area contributed by atoms with Crippen molar-refractivity contribution in [3.63, 3.8) is 0 Å². The lowest BCUT2D eigenvalue weighted by atomic mass is 10.1. The zero-order valence-electron chi connectivity index (χ0n) is 14.8. The molecule has 0 radical (unpaired) electrons. The number of amides is 1. The highest BCUT2D eigenvalue weighted by Crippen LogP contribution is 2.38. The summed E-state index contributed by atoms with van der Waals surface area (Å²) in [6.45, 7) is 7.65. The molecule has 1 amide bonds. The molecule has 154 valence electrons. The molecular formula is C18H14F4N2O4S. The van der Waals surface area contributed by atoms with Gasteiger partial charge in [0.05, 0.1) is 22.8 Å². The molecule has 0 aromatic heterocycles. The van der Waals surface area contributed by atoms with Crippen molar-refractivity contribution >= 4 is 27.1 Å². The van der Waals surface area contributed by atoms with Crippen molar-refractivity contribution in [3.8, 4) is 0 Å². The van der Waals surface area contributed by atoms with Gasteiger partial charge in [-0.3, -0.25) is 4.79 Å². The lowest BCUT2D eigenvalue weighted by Gasteiger charge is -2.22. The molecule has 2 aromatic rings. The number of carbonyl (C=O) groups is 1.